The van der Waals surface area contributed by atoms with Gasteiger partial charge in [-0.25, -0.2) is 13.1 Å². The Morgan fingerprint density at radius 3 is 2.15 bits per heavy atom. The van der Waals surface area contributed by atoms with Gasteiger partial charge < -0.3 is 4.90 Å². The van der Waals surface area contributed by atoms with Gasteiger partial charge in [-0.3, -0.25) is 9.59 Å². The van der Waals surface area contributed by atoms with E-state index in [4.69, 9.17) is 0 Å². The van der Waals surface area contributed by atoms with Crippen LogP contribution >= 0.6 is 0 Å². The highest BCUT2D eigenvalue weighted by Gasteiger charge is 2.28. The first kappa shape index (κ1) is 23.1. The maximum absolute atomic E-state index is 12.2. The fourth-order valence-corrected chi connectivity index (χ4v) is 4.16. The lowest BCUT2D eigenvalue weighted by molar-refractivity contribution is -0.122. The van der Waals surface area contributed by atoms with E-state index >= 15 is 0 Å². The maximum Gasteiger partial charge on any atom is 0.264 e. The Morgan fingerprint density at radius 2 is 1.70 bits per heavy atom. The van der Waals surface area contributed by atoms with Gasteiger partial charge in [0.2, 0.25) is 5.91 Å². The molecule has 1 amide bonds. The van der Waals surface area contributed by atoms with E-state index < -0.39 is 21.8 Å². The summed E-state index contributed by atoms with van der Waals surface area (Å²) in [5.41, 5.74) is 0.920. The van der Waals surface area contributed by atoms with E-state index in [-0.39, 0.29) is 22.6 Å². The Bertz CT molecular complexity index is 742. The number of piperidine rings is 1. The Labute approximate surface area is 163 Å². The van der Waals surface area contributed by atoms with Crippen LogP contribution in [-0.2, 0) is 19.6 Å². The molecule has 1 aromatic rings. The number of hydrogen-bond acceptors (Lipinski definition) is 5. The van der Waals surface area contributed by atoms with Gasteiger partial charge in [0.1, 0.15) is 5.78 Å². The van der Waals surface area contributed by atoms with Gasteiger partial charge in [0.15, 0.2) is 0 Å². The van der Waals surface area contributed by atoms with Crippen molar-refractivity contribution in [1.82, 2.24) is 4.72 Å². The average Bonchev–Trinajstić information content (AvgIpc) is 2.63. The van der Waals surface area contributed by atoms with E-state index in [1.807, 2.05) is 13.8 Å². The third-order valence-electron chi connectivity index (χ3n) is 4.69. The van der Waals surface area contributed by atoms with Gasteiger partial charge in [0.25, 0.3) is 10.0 Å². The van der Waals surface area contributed by atoms with Crippen LogP contribution < -0.4 is 9.62 Å². The molecular weight excluding hydrogens is 364 g/mol. The van der Waals surface area contributed by atoms with Crippen LogP contribution in [0.4, 0.5) is 5.69 Å². The normalized spacial score (nSPS) is 19.9. The fraction of sp³-hybridized carbons (Fsp3) is 0.600. The monoisotopic (exact) mass is 396 g/mol. The van der Waals surface area contributed by atoms with Crippen LogP contribution in [0, 0.1) is 11.8 Å². The topological polar surface area (TPSA) is 83.6 Å². The average molecular weight is 397 g/mol. The SMILES string of the molecule is CC.CC(=O)C1CCN(c2ccc(S(=O)(=O)NC(=O)C(C)C)cc2)C(C)C1. The largest absolute Gasteiger partial charge is 0.369 e. The number of nitrogens with zero attached hydrogens (tertiary/aromatic N) is 1. The van der Waals surface area contributed by atoms with Gasteiger partial charge in [-0.2, -0.15) is 0 Å². The van der Waals surface area contributed by atoms with E-state index in [9.17, 15) is 18.0 Å². The van der Waals surface area contributed by atoms with Crippen molar-refractivity contribution < 1.29 is 18.0 Å². The Morgan fingerprint density at radius 1 is 1.15 bits per heavy atom. The number of ketones is 1. The molecule has 0 bridgehead atoms. The standard InChI is InChI=1S/C18H26N2O4S.C2H6/c1-12(2)18(22)19-25(23,24)17-7-5-16(6-8-17)20-10-9-15(14(4)21)11-13(20)3;1-2/h5-8,12-13,15H,9-11H2,1-4H3,(H,19,22);1-2H3. The van der Waals surface area contributed by atoms with Crippen LogP contribution in [0.1, 0.15) is 54.4 Å². The molecule has 7 heteroatoms. The summed E-state index contributed by atoms with van der Waals surface area (Å²) >= 11 is 0. The molecule has 0 spiro atoms. The molecule has 6 nitrogen and oxygen atoms in total. The smallest absolute Gasteiger partial charge is 0.264 e. The van der Waals surface area contributed by atoms with Gasteiger partial charge in [-0.05, 0) is 51.0 Å². The zero-order valence-electron chi connectivity index (χ0n) is 17.2. The quantitative estimate of drug-likeness (QED) is 0.825. The Hall–Kier alpha value is -1.89. The van der Waals surface area contributed by atoms with Gasteiger partial charge >= 0.3 is 0 Å². The van der Waals surface area contributed by atoms with E-state index in [1.165, 1.54) is 12.1 Å². The number of sulfonamides is 1. The number of rotatable bonds is 5. The van der Waals surface area contributed by atoms with E-state index in [0.29, 0.717) is 0 Å². The fourth-order valence-electron chi connectivity index (χ4n) is 3.05. The second-order valence-corrected chi connectivity index (χ2v) is 8.68. The number of anilines is 1. The minimum absolute atomic E-state index is 0.0662. The van der Waals surface area contributed by atoms with Crippen LogP contribution in [0.5, 0.6) is 0 Å². The lowest BCUT2D eigenvalue weighted by Gasteiger charge is -2.38. The Kier molecular flexibility index (Phi) is 8.47. The molecule has 0 saturated carbocycles. The molecule has 1 saturated heterocycles. The van der Waals surface area contributed by atoms with E-state index in [0.717, 1.165) is 25.1 Å². The van der Waals surface area contributed by atoms with Crippen LogP contribution in [0.15, 0.2) is 29.2 Å². The second kappa shape index (κ2) is 9.88. The molecule has 1 heterocycles. The highest BCUT2D eigenvalue weighted by molar-refractivity contribution is 7.90. The number of benzene rings is 1. The predicted molar refractivity (Wildman–Crippen MR) is 108 cm³/mol. The number of carbonyl (C=O) groups excluding carboxylic acids is 2. The summed E-state index contributed by atoms with van der Waals surface area (Å²) in [5.74, 6) is -0.590. The summed E-state index contributed by atoms with van der Waals surface area (Å²) in [6, 6.07) is 6.73. The van der Waals surface area contributed by atoms with Gasteiger partial charge in [0, 0.05) is 30.1 Å². The van der Waals surface area contributed by atoms with Crippen LogP contribution in [0.2, 0.25) is 0 Å². The highest BCUT2D eigenvalue weighted by Crippen LogP contribution is 2.29. The zero-order chi connectivity index (χ0) is 20.8. The van der Waals surface area contributed by atoms with Crippen LogP contribution in [0.3, 0.4) is 0 Å². The first-order valence-electron chi connectivity index (χ1n) is 9.55. The number of Topliss-reactive ketones (excluding diaryl/α,β-unsaturated/α-hetero) is 1. The molecule has 2 unspecified atom stereocenters. The number of nitrogens with one attached hydrogen (secondary N) is 1. The van der Waals surface area contributed by atoms with Crippen molar-refractivity contribution in [3.05, 3.63) is 24.3 Å². The minimum atomic E-state index is -3.85. The summed E-state index contributed by atoms with van der Waals surface area (Å²) in [5, 5.41) is 0. The molecule has 1 aliphatic heterocycles. The minimum Gasteiger partial charge on any atom is -0.369 e. The van der Waals surface area contributed by atoms with Crippen molar-refractivity contribution >= 4 is 27.4 Å². The molecule has 1 fully saturated rings. The third kappa shape index (κ3) is 6.06. The van der Waals surface area contributed by atoms with Gasteiger partial charge in [-0.15, -0.1) is 0 Å². The molecule has 152 valence electrons. The molecule has 1 N–H and O–H groups in total. The lowest BCUT2D eigenvalue weighted by Crippen LogP contribution is -2.42. The molecule has 0 aliphatic carbocycles. The lowest BCUT2D eigenvalue weighted by atomic mass is 9.88. The molecule has 0 aromatic heterocycles. The molecule has 27 heavy (non-hydrogen) atoms. The highest BCUT2D eigenvalue weighted by atomic mass is 32.2. The van der Waals surface area contributed by atoms with Crippen molar-refractivity contribution in [2.45, 2.75) is 65.3 Å². The summed E-state index contributed by atoms with van der Waals surface area (Å²) in [6.45, 7) is 11.8. The molecular formula is C20H32N2O4S. The number of amides is 1. The Balaban J connectivity index is 0.00000176. The van der Waals surface area contributed by atoms with Crippen molar-refractivity contribution in [2.24, 2.45) is 11.8 Å². The van der Waals surface area contributed by atoms with Crippen LogP contribution in [-0.4, -0.2) is 32.7 Å². The molecule has 1 aliphatic rings. The zero-order valence-corrected chi connectivity index (χ0v) is 18.0. The van der Waals surface area contributed by atoms with Crippen molar-refractivity contribution in [2.75, 3.05) is 11.4 Å². The van der Waals surface area contributed by atoms with E-state index in [1.54, 1.807) is 32.9 Å². The van der Waals surface area contributed by atoms with Crippen molar-refractivity contribution in [3.8, 4) is 0 Å². The summed E-state index contributed by atoms with van der Waals surface area (Å²) in [6.07, 6.45) is 1.62. The molecule has 2 atom stereocenters. The van der Waals surface area contributed by atoms with Gasteiger partial charge in [-0.1, -0.05) is 27.7 Å². The maximum atomic E-state index is 12.2. The second-order valence-electron chi connectivity index (χ2n) is 6.99. The summed E-state index contributed by atoms with van der Waals surface area (Å²) < 4.78 is 26.5. The molecule has 0 radical (unpaired) electrons. The van der Waals surface area contributed by atoms with Crippen molar-refractivity contribution in [3.63, 3.8) is 0 Å². The van der Waals surface area contributed by atoms with E-state index in [2.05, 4.69) is 16.5 Å². The first-order valence-corrected chi connectivity index (χ1v) is 11.0. The van der Waals surface area contributed by atoms with Crippen molar-refractivity contribution in [1.29, 1.82) is 0 Å². The summed E-state index contributed by atoms with van der Waals surface area (Å²) in [7, 11) is -3.85. The third-order valence-corrected chi connectivity index (χ3v) is 6.05. The van der Waals surface area contributed by atoms with Crippen LogP contribution in [0.25, 0.3) is 0 Å². The first-order chi connectivity index (χ1) is 12.6. The number of hydrogen-bond donors (Lipinski definition) is 1. The van der Waals surface area contributed by atoms with Gasteiger partial charge in [0.05, 0.1) is 4.90 Å². The predicted octanol–water partition coefficient (Wildman–Crippen LogP) is 3.37. The molecule has 1 aromatic carbocycles. The number of carbonyl (C=O) groups is 2. The summed E-state index contributed by atoms with van der Waals surface area (Å²) in [4.78, 5) is 25.5. The molecule has 2 rings (SSSR count).